The lowest BCUT2D eigenvalue weighted by molar-refractivity contribution is 0.0600. The maximum Gasteiger partial charge on any atom is 0.337 e. The first-order valence-corrected chi connectivity index (χ1v) is 8.78. The van der Waals surface area contributed by atoms with Gasteiger partial charge < -0.3 is 9.64 Å². The summed E-state index contributed by atoms with van der Waals surface area (Å²) in [6.07, 6.45) is 0. The molecule has 1 aliphatic heterocycles. The molecular formula is C21H26N2O2. The van der Waals surface area contributed by atoms with Crippen LogP contribution < -0.4 is 4.90 Å². The Kier molecular flexibility index (Phi) is 5.39. The molecule has 1 saturated heterocycles. The predicted molar refractivity (Wildman–Crippen MR) is 101 cm³/mol. The molecule has 2 aromatic carbocycles. The quantitative estimate of drug-likeness (QED) is 0.800. The molecule has 4 nitrogen and oxygen atoms in total. The summed E-state index contributed by atoms with van der Waals surface area (Å²) in [5, 5.41) is 0. The van der Waals surface area contributed by atoms with E-state index in [1.165, 1.54) is 29.5 Å². The average Bonchev–Trinajstić information content (AvgIpc) is 2.64. The fraction of sp³-hybridized carbons (Fsp3) is 0.381. The first-order chi connectivity index (χ1) is 12.1. The number of methoxy groups -OCH3 is 1. The van der Waals surface area contributed by atoms with Crippen LogP contribution in [0.4, 0.5) is 5.69 Å². The smallest absolute Gasteiger partial charge is 0.337 e. The van der Waals surface area contributed by atoms with E-state index in [1.54, 1.807) is 0 Å². The number of carbonyl (C=O) groups is 1. The summed E-state index contributed by atoms with van der Waals surface area (Å²) >= 11 is 0. The molecule has 0 aliphatic carbocycles. The summed E-state index contributed by atoms with van der Waals surface area (Å²) in [6.45, 7) is 9.44. The van der Waals surface area contributed by atoms with Crippen molar-refractivity contribution >= 4 is 11.7 Å². The number of anilines is 1. The van der Waals surface area contributed by atoms with E-state index >= 15 is 0 Å². The lowest BCUT2D eigenvalue weighted by atomic mass is 10.1. The molecule has 2 aromatic rings. The summed E-state index contributed by atoms with van der Waals surface area (Å²) in [5.41, 5.74) is 5.85. The molecule has 0 amide bonds. The minimum atomic E-state index is -0.284. The van der Waals surface area contributed by atoms with Gasteiger partial charge in [0.15, 0.2) is 0 Å². The van der Waals surface area contributed by atoms with Crippen molar-refractivity contribution < 1.29 is 9.53 Å². The molecule has 0 aromatic heterocycles. The van der Waals surface area contributed by atoms with Crippen molar-refractivity contribution in [1.82, 2.24) is 4.90 Å². The summed E-state index contributed by atoms with van der Waals surface area (Å²) in [6, 6.07) is 14.4. The zero-order valence-corrected chi connectivity index (χ0v) is 15.3. The number of hydrogen-bond donors (Lipinski definition) is 0. The number of esters is 1. The summed E-state index contributed by atoms with van der Waals surface area (Å²) in [7, 11) is 1.41. The normalized spacial score (nSPS) is 15.2. The topological polar surface area (TPSA) is 32.8 Å². The highest BCUT2D eigenvalue weighted by Gasteiger charge is 2.18. The Morgan fingerprint density at radius 3 is 2.32 bits per heavy atom. The second kappa shape index (κ2) is 7.70. The number of carbonyl (C=O) groups excluding carboxylic acids is 1. The first kappa shape index (κ1) is 17.5. The van der Waals surface area contributed by atoms with Gasteiger partial charge in [-0.25, -0.2) is 4.79 Å². The maximum absolute atomic E-state index is 11.5. The largest absolute Gasteiger partial charge is 0.465 e. The third-order valence-electron chi connectivity index (χ3n) is 4.86. The van der Waals surface area contributed by atoms with Gasteiger partial charge in [0.25, 0.3) is 0 Å². The van der Waals surface area contributed by atoms with Crippen LogP contribution in [-0.2, 0) is 11.3 Å². The zero-order chi connectivity index (χ0) is 17.8. The van der Waals surface area contributed by atoms with Crippen molar-refractivity contribution in [3.63, 3.8) is 0 Å². The Morgan fingerprint density at radius 2 is 1.68 bits per heavy atom. The van der Waals surface area contributed by atoms with Gasteiger partial charge in [0, 0.05) is 38.4 Å². The number of piperazine rings is 1. The molecule has 132 valence electrons. The number of nitrogens with zero attached hydrogens (tertiary/aromatic N) is 2. The number of rotatable bonds is 4. The minimum absolute atomic E-state index is 0.284. The lowest BCUT2D eigenvalue weighted by Gasteiger charge is -2.37. The van der Waals surface area contributed by atoms with Crippen molar-refractivity contribution in [3.8, 4) is 0 Å². The van der Waals surface area contributed by atoms with Crippen molar-refractivity contribution in [3.05, 3.63) is 64.7 Å². The SMILES string of the molecule is COC(=O)c1ccc(CN2CCN(c3cc(C)ccc3C)CC2)cc1. The summed E-state index contributed by atoms with van der Waals surface area (Å²) in [5.74, 6) is -0.284. The number of aryl methyl sites for hydroxylation is 2. The standard InChI is InChI=1S/C21H26N2O2/c1-16-4-5-17(2)20(14-16)23-12-10-22(11-13-23)15-18-6-8-19(9-7-18)21(24)25-3/h4-9,14H,10-13,15H2,1-3H3. The van der Waals surface area contributed by atoms with Crippen LogP contribution in [-0.4, -0.2) is 44.2 Å². The lowest BCUT2D eigenvalue weighted by Crippen LogP contribution is -2.46. The van der Waals surface area contributed by atoms with Crippen LogP contribution in [0.3, 0.4) is 0 Å². The molecule has 0 unspecified atom stereocenters. The molecule has 1 fully saturated rings. The fourth-order valence-corrected chi connectivity index (χ4v) is 3.33. The van der Waals surface area contributed by atoms with Gasteiger partial charge in [-0.3, -0.25) is 4.90 Å². The van der Waals surface area contributed by atoms with Crippen LogP contribution in [0.15, 0.2) is 42.5 Å². The summed E-state index contributed by atoms with van der Waals surface area (Å²) in [4.78, 5) is 16.5. The molecular weight excluding hydrogens is 312 g/mol. The number of hydrogen-bond acceptors (Lipinski definition) is 4. The number of ether oxygens (including phenoxy) is 1. The predicted octanol–water partition coefficient (Wildman–Crippen LogP) is 3.41. The van der Waals surface area contributed by atoms with Gasteiger partial charge in [-0.15, -0.1) is 0 Å². The van der Waals surface area contributed by atoms with E-state index in [9.17, 15) is 4.79 Å². The van der Waals surface area contributed by atoms with Gasteiger partial charge in [-0.1, -0.05) is 24.3 Å². The van der Waals surface area contributed by atoms with Crippen LogP contribution >= 0.6 is 0 Å². The van der Waals surface area contributed by atoms with Gasteiger partial charge in [0.05, 0.1) is 12.7 Å². The fourth-order valence-electron chi connectivity index (χ4n) is 3.33. The molecule has 0 bridgehead atoms. The monoisotopic (exact) mass is 338 g/mol. The average molecular weight is 338 g/mol. The van der Waals surface area contributed by atoms with E-state index in [4.69, 9.17) is 4.74 Å². The zero-order valence-electron chi connectivity index (χ0n) is 15.3. The van der Waals surface area contributed by atoms with E-state index in [0.29, 0.717) is 5.56 Å². The van der Waals surface area contributed by atoms with Crippen LogP contribution in [0.2, 0.25) is 0 Å². The molecule has 1 aliphatic rings. The van der Waals surface area contributed by atoms with Crippen LogP contribution in [0.5, 0.6) is 0 Å². The van der Waals surface area contributed by atoms with Crippen LogP contribution in [0.25, 0.3) is 0 Å². The minimum Gasteiger partial charge on any atom is -0.465 e. The Morgan fingerprint density at radius 1 is 1.00 bits per heavy atom. The Bertz CT molecular complexity index is 732. The number of benzene rings is 2. The molecule has 25 heavy (non-hydrogen) atoms. The molecule has 0 spiro atoms. The van der Waals surface area contributed by atoms with Gasteiger partial charge in [0.1, 0.15) is 0 Å². The van der Waals surface area contributed by atoms with Crippen molar-refractivity contribution in [2.75, 3.05) is 38.2 Å². The van der Waals surface area contributed by atoms with E-state index in [2.05, 4.69) is 41.8 Å². The van der Waals surface area contributed by atoms with Crippen molar-refractivity contribution in [2.24, 2.45) is 0 Å². The highest BCUT2D eigenvalue weighted by molar-refractivity contribution is 5.89. The van der Waals surface area contributed by atoms with Gasteiger partial charge in [0.2, 0.25) is 0 Å². The molecule has 0 saturated carbocycles. The summed E-state index contributed by atoms with van der Waals surface area (Å²) < 4.78 is 4.74. The molecule has 0 atom stereocenters. The Balaban J connectivity index is 1.57. The molecule has 0 N–H and O–H groups in total. The highest BCUT2D eigenvalue weighted by Crippen LogP contribution is 2.23. The van der Waals surface area contributed by atoms with Gasteiger partial charge in [-0.2, -0.15) is 0 Å². The Hall–Kier alpha value is -2.33. The van der Waals surface area contributed by atoms with E-state index in [-0.39, 0.29) is 5.97 Å². The van der Waals surface area contributed by atoms with E-state index in [0.717, 1.165) is 32.7 Å². The Labute approximate surface area is 150 Å². The first-order valence-electron chi connectivity index (χ1n) is 8.78. The van der Waals surface area contributed by atoms with Crippen molar-refractivity contribution in [1.29, 1.82) is 0 Å². The van der Waals surface area contributed by atoms with Crippen LogP contribution in [0, 0.1) is 13.8 Å². The molecule has 1 heterocycles. The highest BCUT2D eigenvalue weighted by atomic mass is 16.5. The molecule has 0 radical (unpaired) electrons. The second-order valence-electron chi connectivity index (χ2n) is 6.74. The molecule has 3 rings (SSSR count). The third kappa shape index (κ3) is 4.20. The second-order valence-corrected chi connectivity index (χ2v) is 6.74. The van der Waals surface area contributed by atoms with Gasteiger partial charge in [-0.05, 0) is 48.7 Å². The van der Waals surface area contributed by atoms with Crippen molar-refractivity contribution in [2.45, 2.75) is 20.4 Å². The van der Waals surface area contributed by atoms with Gasteiger partial charge >= 0.3 is 5.97 Å². The van der Waals surface area contributed by atoms with E-state index < -0.39 is 0 Å². The molecule has 4 heteroatoms. The van der Waals surface area contributed by atoms with Crippen LogP contribution in [0.1, 0.15) is 27.0 Å². The third-order valence-corrected chi connectivity index (χ3v) is 4.86. The maximum atomic E-state index is 11.5. The van der Waals surface area contributed by atoms with E-state index in [1.807, 2.05) is 24.3 Å².